The third-order valence-corrected chi connectivity index (χ3v) is 6.63. The predicted octanol–water partition coefficient (Wildman–Crippen LogP) is 4.50. The van der Waals surface area contributed by atoms with Crippen LogP contribution >= 0.6 is 0 Å². The zero-order valence-corrected chi connectivity index (χ0v) is 19.1. The molecule has 5 rings (SSSR count). The molecule has 3 aromatic carbocycles. The van der Waals surface area contributed by atoms with Crippen LogP contribution in [0.1, 0.15) is 18.4 Å². The van der Waals surface area contributed by atoms with Crippen LogP contribution in [-0.2, 0) is 6.42 Å². The van der Waals surface area contributed by atoms with Gasteiger partial charge in [-0.3, -0.25) is 4.90 Å². The van der Waals surface area contributed by atoms with Crippen molar-refractivity contribution >= 4 is 28.2 Å². The number of anilines is 2. The Bertz CT molecular complexity index is 1100. The maximum Gasteiger partial charge on any atom is 0.319 e. The third kappa shape index (κ3) is 5.22. The summed E-state index contributed by atoms with van der Waals surface area (Å²) in [6.07, 6.45) is 2.98. The molecule has 1 fully saturated rings. The van der Waals surface area contributed by atoms with E-state index >= 15 is 0 Å². The number of rotatable bonds is 7. The summed E-state index contributed by atoms with van der Waals surface area (Å²) < 4.78 is 5.95. The van der Waals surface area contributed by atoms with Gasteiger partial charge in [-0.1, -0.05) is 42.5 Å². The number of hydrogen-bond acceptors (Lipinski definition) is 4. The number of nitrogens with one attached hydrogen (secondary N) is 2. The lowest BCUT2D eigenvalue weighted by Crippen LogP contribution is -2.46. The standard InChI is InChI=1S/C27H32N4O2/c32-27-28-13-12-22-10-11-23(20-25(22)29-27)33-19-4-3-14-30-15-17-31(18-16-30)26-9-5-7-21-6-1-2-8-24(21)26/h1-2,5-11,20H,3-4,12-19H2,(H2,28,29,32). The highest BCUT2D eigenvalue weighted by atomic mass is 16.5. The molecule has 0 radical (unpaired) electrons. The van der Waals surface area contributed by atoms with Crippen LogP contribution in [0.5, 0.6) is 5.75 Å². The molecule has 2 aliphatic heterocycles. The topological polar surface area (TPSA) is 56.8 Å². The highest BCUT2D eigenvalue weighted by Gasteiger charge is 2.18. The monoisotopic (exact) mass is 444 g/mol. The molecule has 0 aliphatic carbocycles. The lowest BCUT2D eigenvalue weighted by atomic mass is 10.1. The van der Waals surface area contributed by atoms with Gasteiger partial charge in [0.25, 0.3) is 0 Å². The van der Waals surface area contributed by atoms with Gasteiger partial charge in [0.2, 0.25) is 0 Å². The lowest BCUT2D eigenvalue weighted by Gasteiger charge is -2.36. The lowest BCUT2D eigenvalue weighted by molar-refractivity contribution is 0.239. The van der Waals surface area contributed by atoms with Crippen LogP contribution in [0.15, 0.2) is 60.7 Å². The van der Waals surface area contributed by atoms with E-state index in [-0.39, 0.29) is 6.03 Å². The van der Waals surface area contributed by atoms with Crippen molar-refractivity contribution in [1.29, 1.82) is 0 Å². The Labute approximate surface area is 195 Å². The van der Waals surface area contributed by atoms with Crippen LogP contribution in [-0.4, -0.2) is 56.8 Å². The molecule has 0 saturated carbocycles. The second kappa shape index (κ2) is 10.1. The van der Waals surface area contributed by atoms with Gasteiger partial charge in [-0.15, -0.1) is 0 Å². The largest absolute Gasteiger partial charge is 0.494 e. The van der Waals surface area contributed by atoms with E-state index in [0.717, 1.165) is 69.0 Å². The van der Waals surface area contributed by atoms with Gasteiger partial charge < -0.3 is 20.3 Å². The Balaban J connectivity index is 1.04. The summed E-state index contributed by atoms with van der Waals surface area (Å²) in [6.45, 7) is 6.81. The van der Waals surface area contributed by atoms with Crippen LogP contribution in [0.3, 0.4) is 0 Å². The van der Waals surface area contributed by atoms with Crippen molar-refractivity contribution < 1.29 is 9.53 Å². The van der Waals surface area contributed by atoms with Gasteiger partial charge in [-0.2, -0.15) is 0 Å². The molecule has 0 bridgehead atoms. The van der Waals surface area contributed by atoms with Crippen molar-refractivity contribution in [2.45, 2.75) is 19.3 Å². The fourth-order valence-electron chi connectivity index (χ4n) is 4.78. The molecule has 33 heavy (non-hydrogen) atoms. The van der Waals surface area contributed by atoms with E-state index in [9.17, 15) is 4.79 Å². The molecule has 0 atom stereocenters. The van der Waals surface area contributed by atoms with Gasteiger partial charge in [0.05, 0.1) is 6.61 Å². The van der Waals surface area contributed by atoms with Crippen molar-refractivity contribution in [2.75, 3.05) is 56.1 Å². The molecule has 2 aliphatic rings. The first-order valence-corrected chi connectivity index (χ1v) is 12.0. The Kier molecular flexibility index (Phi) is 6.63. The summed E-state index contributed by atoms with van der Waals surface area (Å²) in [6, 6.07) is 21.1. The van der Waals surface area contributed by atoms with Gasteiger partial charge in [-0.25, -0.2) is 4.79 Å². The number of nitrogens with zero attached hydrogens (tertiary/aromatic N) is 2. The van der Waals surface area contributed by atoms with Gasteiger partial charge in [0.15, 0.2) is 0 Å². The van der Waals surface area contributed by atoms with Crippen molar-refractivity contribution in [3.63, 3.8) is 0 Å². The third-order valence-electron chi connectivity index (χ3n) is 6.63. The van der Waals surface area contributed by atoms with Crippen LogP contribution in [0.2, 0.25) is 0 Å². The Morgan fingerprint density at radius 3 is 2.67 bits per heavy atom. The number of amides is 2. The number of ether oxygens (including phenoxy) is 1. The van der Waals surface area contributed by atoms with Crippen molar-refractivity contribution in [1.82, 2.24) is 10.2 Å². The number of urea groups is 1. The maximum atomic E-state index is 11.7. The summed E-state index contributed by atoms with van der Waals surface area (Å²) in [5, 5.41) is 8.37. The molecular formula is C27H32N4O2. The van der Waals surface area contributed by atoms with E-state index < -0.39 is 0 Å². The van der Waals surface area contributed by atoms with Crippen LogP contribution in [0, 0.1) is 0 Å². The van der Waals surface area contributed by atoms with Gasteiger partial charge in [0.1, 0.15) is 5.75 Å². The maximum absolute atomic E-state index is 11.7. The minimum atomic E-state index is -0.147. The van der Waals surface area contributed by atoms with Crippen molar-refractivity contribution in [2.24, 2.45) is 0 Å². The molecule has 1 saturated heterocycles. The van der Waals surface area contributed by atoms with E-state index in [4.69, 9.17) is 4.74 Å². The molecule has 3 aromatic rings. The fraction of sp³-hybridized carbons (Fsp3) is 0.370. The summed E-state index contributed by atoms with van der Waals surface area (Å²) in [7, 11) is 0. The highest BCUT2D eigenvalue weighted by molar-refractivity contribution is 5.94. The molecule has 2 amide bonds. The number of unbranched alkanes of at least 4 members (excludes halogenated alkanes) is 1. The van der Waals surface area contributed by atoms with Gasteiger partial charge in [-0.05, 0) is 48.9 Å². The van der Waals surface area contributed by atoms with Crippen LogP contribution in [0.4, 0.5) is 16.2 Å². The molecular weight excluding hydrogens is 412 g/mol. The Morgan fingerprint density at radius 2 is 1.76 bits per heavy atom. The Hall–Kier alpha value is -3.25. The summed E-state index contributed by atoms with van der Waals surface area (Å²) in [4.78, 5) is 16.8. The quantitative estimate of drug-likeness (QED) is 0.527. The second-order valence-electron chi connectivity index (χ2n) is 8.83. The predicted molar refractivity (Wildman–Crippen MR) is 134 cm³/mol. The van der Waals surface area contributed by atoms with E-state index in [1.54, 1.807) is 0 Å². The molecule has 172 valence electrons. The first-order chi connectivity index (χ1) is 16.3. The zero-order chi connectivity index (χ0) is 22.5. The number of fused-ring (bicyclic) bond motifs is 2. The molecule has 0 unspecified atom stereocenters. The summed E-state index contributed by atoms with van der Waals surface area (Å²) in [5.41, 5.74) is 3.35. The first kappa shape index (κ1) is 21.6. The smallest absolute Gasteiger partial charge is 0.319 e. The average molecular weight is 445 g/mol. The average Bonchev–Trinajstić information content (AvgIpc) is 3.04. The van der Waals surface area contributed by atoms with Crippen molar-refractivity contribution in [3.8, 4) is 5.75 Å². The molecule has 2 N–H and O–H groups in total. The highest BCUT2D eigenvalue weighted by Crippen LogP contribution is 2.28. The molecule has 0 aromatic heterocycles. The molecule has 6 nitrogen and oxygen atoms in total. The zero-order valence-electron chi connectivity index (χ0n) is 19.1. The van der Waals surface area contributed by atoms with Gasteiger partial charge in [0, 0.05) is 55.6 Å². The SMILES string of the molecule is O=C1NCCc2ccc(OCCCCN3CCN(c4cccc5ccccc45)CC3)cc2N1. The fourth-order valence-corrected chi connectivity index (χ4v) is 4.78. The minimum absolute atomic E-state index is 0.147. The number of carbonyl (C=O) groups excluding carboxylic acids is 1. The van der Waals surface area contributed by atoms with Crippen LogP contribution in [0.25, 0.3) is 10.8 Å². The number of carbonyl (C=O) groups is 1. The number of piperazine rings is 1. The van der Waals surface area contributed by atoms with E-state index in [2.05, 4.69) is 62.9 Å². The molecule has 0 spiro atoms. The summed E-state index contributed by atoms with van der Waals surface area (Å²) >= 11 is 0. The van der Waals surface area contributed by atoms with E-state index in [1.807, 2.05) is 18.2 Å². The minimum Gasteiger partial charge on any atom is -0.494 e. The molecule has 6 heteroatoms. The Morgan fingerprint density at radius 1 is 0.909 bits per heavy atom. The normalized spacial score (nSPS) is 16.6. The van der Waals surface area contributed by atoms with Crippen LogP contribution < -0.4 is 20.3 Å². The summed E-state index contributed by atoms with van der Waals surface area (Å²) in [5.74, 6) is 0.819. The van der Waals surface area contributed by atoms with Gasteiger partial charge >= 0.3 is 6.03 Å². The second-order valence-corrected chi connectivity index (χ2v) is 8.83. The van der Waals surface area contributed by atoms with E-state index in [0.29, 0.717) is 13.2 Å². The van der Waals surface area contributed by atoms with E-state index in [1.165, 1.54) is 16.5 Å². The number of benzene rings is 3. The molecule has 2 heterocycles. The van der Waals surface area contributed by atoms with Crippen molar-refractivity contribution in [3.05, 3.63) is 66.2 Å². The number of hydrogen-bond donors (Lipinski definition) is 2. The first-order valence-electron chi connectivity index (χ1n) is 12.0.